The van der Waals surface area contributed by atoms with Gasteiger partial charge in [-0.15, -0.1) is 0 Å². The lowest BCUT2D eigenvalue weighted by molar-refractivity contribution is 0.0946. The molecule has 0 atom stereocenters. The Balaban J connectivity index is 2.50. The van der Waals surface area contributed by atoms with Gasteiger partial charge in [-0.1, -0.05) is 0 Å². The van der Waals surface area contributed by atoms with Crippen molar-refractivity contribution in [1.29, 1.82) is 0 Å². The van der Waals surface area contributed by atoms with Gasteiger partial charge < -0.3 is 10.2 Å². The van der Waals surface area contributed by atoms with Crippen LogP contribution >= 0.6 is 0 Å². The van der Waals surface area contributed by atoms with E-state index in [2.05, 4.69) is 5.32 Å². The number of halogens is 1. The third kappa shape index (κ3) is 1.67. The lowest BCUT2D eigenvalue weighted by Gasteiger charge is -2.34. The summed E-state index contributed by atoms with van der Waals surface area (Å²) in [4.78, 5) is 13.5. The van der Waals surface area contributed by atoms with E-state index in [9.17, 15) is 9.18 Å². The molecule has 0 saturated carbocycles. The van der Waals surface area contributed by atoms with Gasteiger partial charge in [0.25, 0.3) is 5.91 Å². The van der Waals surface area contributed by atoms with Crippen LogP contribution in [0.15, 0.2) is 18.2 Å². The number of amides is 1. The summed E-state index contributed by atoms with van der Waals surface area (Å²) >= 11 is 0. The summed E-state index contributed by atoms with van der Waals surface area (Å²) < 4.78 is 13.0. The molecule has 3 nitrogen and oxygen atoms in total. The normalized spacial score (nSPS) is 15.2. The Morgan fingerprint density at radius 1 is 1.47 bits per heavy atom. The van der Waals surface area contributed by atoms with E-state index in [1.807, 2.05) is 18.7 Å². The quantitative estimate of drug-likeness (QED) is 0.762. The minimum absolute atomic E-state index is 0.207. The highest BCUT2D eigenvalue weighted by atomic mass is 19.1. The molecule has 1 aliphatic heterocycles. The molecule has 1 N–H and O–H groups in total. The van der Waals surface area contributed by atoms with Crippen LogP contribution in [0.25, 0.3) is 0 Å². The predicted molar refractivity (Wildman–Crippen MR) is 56.3 cm³/mol. The molecule has 4 heteroatoms. The number of carbonyl (C=O) groups is 1. The smallest absolute Gasteiger partial charge is 0.254 e. The number of nitrogens with zero attached hydrogens (tertiary/aromatic N) is 1. The number of nitrogens with one attached hydrogen (secondary N) is 1. The van der Waals surface area contributed by atoms with E-state index in [-0.39, 0.29) is 17.8 Å². The molecule has 2 rings (SSSR count). The fourth-order valence-electron chi connectivity index (χ4n) is 1.74. The molecule has 1 aromatic carbocycles. The zero-order chi connectivity index (χ0) is 11.0. The van der Waals surface area contributed by atoms with Crippen LogP contribution < -0.4 is 10.2 Å². The molecular weight excluding hydrogens is 195 g/mol. The molecule has 0 unspecified atom stereocenters. The Labute approximate surface area is 87.9 Å². The first-order valence-corrected chi connectivity index (χ1v) is 4.94. The molecule has 0 aromatic heterocycles. The third-order valence-corrected chi connectivity index (χ3v) is 2.55. The van der Waals surface area contributed by atoms with Gasteiger partial charge in [0.05, 0.1) is 17.9 Å². The maximum absolute atomic E-state index is 13.0. The minimum atomic E-state index is -0.380. The molecular formula is C11H13FN2O. The summed E-state index contributed by atoms with van der Waals surface area (Å²) in [5.74, 6) is -0.587. The van der Waals surface area contributed by atoms with Crippen LogP contribution in [0.5, 0.6) is 0 Å². The standard InChI is InChI=1S/C11H13FN2O/c1-7(2)14-6-13-11(15)9-5-8(12)3-4-10(9)14/h3-5,7H,6H2,1-2H3,(H,13,15). The summed E-state index contributed by atoms with van der Waals surface area (Å²) in [5, 5.41) is 2.72. The monoisotopic (exact) mass is 208 g/mol. The van der Waals surface area contributed by atoms with Crippen LogP contribution in [0.1, 0.15) is 24.2 Å². The summed E-state index contributed by atoms with van der Waals surface area (Å²) in [6.45, 7) is 4.55. The molecule has 0 bridgehead atoms. The highest BCUT2D eigenvalue weighted by Crippen LogP contribution is 2.25. The molecule has 0 spiro atoms. The van der Waals surface area contributed by atoms with E-state index in [1.54, 1.807) is 6.07 Å². The van der Waals surface area contributed by atoms with Crippen molar-refractivity contribution in [2.75, 3.05) is 11.6 Å². The second kappa shape index (κ2) is 3.53. The van der Waals surface area contributed by atoms with E-state index >= 15 is 0 Å². The number of benzene rings is 1. The summed E-state index contributed by atoms with van der Waals surface area (Å²) in [7, 11) is 0. The van der Waals surface area contributed by atoms with Gasteiger partial charge >= 0.3 is 0 Å². The number of fused-ring (bicyclic) bond motifs is 1. The summed E-state index contributed by atoms with van der Waals surface area (Å²) in [6.07, 6.45) is 0. The molecule has 1 amide bonds. The fraction of sp³-hybridized carbons (Fsp3) is 0.364. The average molecular weight is 208 g/mol. The Hall–Kier alpha value is -1.58. The second-order valence-electron chi connectivity index (χ2n) is 3.89. The molecule has 0 saturated heterocycles. The van der Waals surface area contributed by atoms with Crippen LogP contribution in [-0.2, 0) is 0 Å². The number of rotatable bonds is 1. The average Bonchev–Trinajstić information content (AvgIpc) is 2.19. The zero-order valence-electron chi connectivity index (χ0n) is 8.75. The second-order valence-corrected chi connectivity index (χ2v) is 3.89. The molecule has 15 heavy (non-hydrogen) atoms. The van der Waals surface area contributed by atoms with E-state index in [0.717, 1.165) is 5.69 Å². The highest BCUT2D eigenvalue weighted by Gasteiger charge is 2.24. The summed E-state index contributed by atoms with van der Waals surface area (Å²) in [6, 6.07) is 4.59. The maximum Gasteiger partial charge on any atom is 0.254 e. The first-order chi connectivity index (χ1) is 7.09. The number of anilines is 1. The number of carbonyl (C=O) groups excluding carboxylic acids is 1. The van der Waals surface area contributed by atoms with Gasteiger partial charge in [-0.25, -0.2) is 4.39 Å². The van der Waals surface area contributed by atoms with Crippen LogP contribution in [0, 0.1) is 5.82 Å². The van der Waals surface area contributed by atoms with Crippen molar-refractivity contribution in [1.82, 2.24) is 5.32 Å². The Kier molecular flexibility index (Phi) is 2.34. The molecule has 1 aliphatic rings. The Morgan fingerprint density at radius 3 is 2.87 bits per heavy atom. The molecule has 0 aliphatic carbocycles. The first-order valence-electron chi connectivity index (χ1n) is 4.94. The topological polar surface area (TPSA) is 32.3 Å². The molecule has 80 valence electrons. The first kappa shape index (κ1) is 9.96. The van der Waals surface area contributed by atoms with Crippen LogP contribution in [-0.4, -0.2) is 18.6 Å². The fourth-order valence-corrected chi connectivity index (χ4v) is 1.74. The molecule has 1 heterocycles. The van der Waals surface area contributed by atoms with Crippen LogP contribution in [0.2, 0.25) is 0 Å². The van der Waals surface area contributed by atoms with Crippen molar-refractivity contribution in [3.05, 3.63) is 29.6 Å². The van der Waals surface area contributed by atoms with Gasteiger partial charge in [0.15, 0.2) is 0 Å². The lowest BCUT2D eigenvalue weighted by Crippen LogP contribution is -2.46. The van der Waals surface area contributed by atoms with Crippen molar-refractivity contribution >= 4 is 11.6 Å². The lowest BCUT2D eigenvalue weighted by atomic mass is 10.1. The van der Waals surface area contributed by atoms with Crippen molar-refractivity contribution in [2.24, 2.45) is 0 Å². The largest absolute Gasteiger partial charge is 0.351 e. The number of hydrogen-bond donors (Lipinski definition) is 1. The van der Waals surface area contributed by atoms with E-state index in [0.29, 0.717) is 12.2 Å². The molecule has 0 radical (unpaired) electrons. The van der Waals surface area contributed by atoms with Crippen molar-refractivity contribution in [3.63, 3.8) is 0 Å². The van der Waals surface area contributed by atoms with Gasteiger partial charge in [-0.05, 0) is 32.0 Å². The minimum Gasteiger partial charge on any atom is -0.351 e. The highest BCUT2D eigenvalue weighted by molar-refractivity contribution is 6.01. The van der Waals surface area contributed by atoms with Crippen molar-refractivity contribution in [3.8, 4) is 0 Å². The van der Waals surface area contributed by atoms with E-state index in [1.165, 1.54) is 12.1 Å². The van der Waals surface area contributed by atoms with Gasteiger partial charge in [-0.3, -0.25) is 4.79 Å². The molecule has 0 fully saturated rings. The summed E-state index contributed by atoms with van der Waals surface area (Å²) in [5.41, 5.74) is 1.21. The zero-order valence-corrected chi connectivity index (χ0v) is 8.75. The SMILES string of the molecule is CC(C)N1CNC(=O)c2cc(F)ccc21. The van der Waals surface area contributed by atoms with Gasteiger partial charge in [0, 0.05) is 6.04 Å². The third-order valence-electron chi connectivity index (χ3n) is 2.55. The van der Waals surface area contributed by atoms with E-state index < -0.39 is 0 Å². The Bertz CT molecular complexity index is 404. The number of hydrogen-bond acceptors (Lipinski definition) is 2. The van der Waals surface area contributed by atoms with Gasteiger partial charge in [-0.2, -0.15) is 0 Å². The maximum atomic E-state index is 13.0. The van der Waals surface area contributed by atoms with E-state index in [4.69, 9.17) is 0 Å². The Morgan fingerprint density at radius 2 is 2.20 bits per heavy atom. The van der Waals surface area contributed by atoms with Gasteiger partial charge in [0.2, 0.25) is 0 Å². The van der Waals surface area contributed by atoms with Crippen LogP contribution in [0.3, 0.4) is 0 Å². The van der Waals surface area contributed by atoms with Gasteiger partial charge in [0.1, 0.15) is 5.82 Å². The van der Waals surface area contributed by atoms with Crippen molar-refractivity contribution in [2.45, 2.75) is 19.9 Å². The van der Waals surface area contributed by atoms with Crippen LogP contribution in [0.4, 0.5) is 10.1 Å². The van der Waals surface area contributed by atoms with Crippen molar-refractivity contribution < 1.29 is 9.18 Å². The predicted octanol–water partition coefficient (Wildman–Crippen LogP) is 1.74. The molecule has 1 aromatic rings.